The minimum Gasteiger partial charge on any atom is -0.497 e. The standard InChI is InChI=1S/C18H27NO6S/c1-24-13-7-8-17(25-2)15(11-13)16(20)12-19-18(21)9-10-26(22,23)14-5-3-4-6-14/h7-8,11,14,16,20H,3-6,9-10,12H2,1-2H3,(H,19,21). The molecule has 0 aromatic heterocycles. The molecule has 0 saturated heterocycles. The Kier molecular flexibility index (Phi) is 7.28. The molecule has 0 heterocycles. The first-order valence-corrected chi connectivity index (χ1v) is 10.5. The van der Waals surface area contributed by atoms with Crippen molar-refractivity contribution in [3.63, 3.8) is 0 Å². The topological polar surface area (TPSA) is 102 Å². The number of ether oxygens (including phenoxy) is 2. The van der Waals surface area contributed by atoms with E-state index in [2.05, 4.69) is 5.32 Å². The minimum absolute atomic E-state index is 0.0359. The number of rotatable bonds is 9. The number of methoxy groups -OCH3 is 2. The molecule has 1 saturated carbocycles. The molecule has 1 unspecified atom stereocenters. The summed E-state index contributed by atoms with van der Waals surface area (Å²) in [5, 5.41) is 12.6. The molecule has 0 bridgehead atoms. The second-order valence-corrected chi connectivity index (χ2v) is 8.85. The molecule has 1 aliphatic carbocycles. The van der Waals surface area contributed by atoms with Gasteiger partial charge in [-0.05, 0) is 31.0 Å². The van der Waals surface area contributed by atoms with E-state index in [-0.39, 0.29) is 24.0 Å². The molecule has 0 radical (unpaired) electrons. The van der Waals surface area contributed by atoms with E-state index in [4.69, 9.17) is 9.47 Å². The minimum atomic E-state index is -3.23. The van der Waals surface area contributed by atoms with Crippen molar-refractivity contribution < 1.29 is 27.8 Å². The van der Waals surface area contributed by atoms with Gasteiger partial charge in [0.1, 0.15) is 11.5 Å². The summed E-state index contributed by atoms with van der Waals surface area (Å²) in [6.45, 7) is -0.0359. The molecule has 1 aromatic rings. The summed E-state index contributed by atoms with van der Waals surface area (Å²) in [6.07, 6.45) is 2.17. The molecule has 146 valence electrons. The van der Waals surface area contributed by atoms with Crippen LogP contribution in [-0.4, -0.2) is 51.2 Å². The molecule has 1 aromatic carbocycles. The van der Waals surface area contributed by atoms with Crippen LogP contribution in [0.3, 0.4) is 0 Å². The van der Waals surface area contributed by atoms with Gasteiger partial charge in [-0.15, -0.1) is 0 Å². The van der Waals surface area contributed by atoms with Crippen molar-refractivity contribution in [2.24, 2.45) is 0 Å². The summed E-state index contributed by atoms with van der Waals surface area (Å²) in [6, 6.07) is 5.02. The number of amides is 1. The van der Waals surface area contributed by atoms with Gasteiger partial charge in [0.25, 0.3) is 0 Å². The highest BCUT2D eigenvalue weighted by molar-refractivity contribution is 7.92. The van der Waals surface area contributed by atoms with E-state index in [0.717, 1.165) is 12.8 Å². The summed E-state index contributed by atoms with van der Waals surface area (Å²) < 4.78 is 34.7. The number of benzene rings is 1. The van der Waals surface area contributed by atoms with Gasteiger partial charge < -0.3 is 19.9 Å². The van der Waals surface area contributed by atoms with E-state index >= 15 is 0 Å². The molecule has 0 aliphatic heterocycles. The summed E-state index contributed by atoms with van der Waals surface area (Å²) in [5.74, 6) is 0.500. The molecule has 0 spiro atoms. The molecule has 2 rings (SSSR count). The quantitative estimate of drug-likeness (QED) is 0.669. The summed E-state index contributed by atoms with van der Waals surface area (Å²) in [4.78, 5) is 12.0. The fourth-order valence-corrected chi connectivity index (χ4v) is 5.01. The van der Waals surface area contributed by atoms with Crippen LogP contribution in [0.25, 0.3) is 0 Å². The Morgan fingerprint density at radius 3 is 2.58 bits per heavy atom. The fourth-order valence-electron chi connectivity index (χ4n) is 3.16. The number of hydrogen-bond donors (Lipinski definition) is 2. The van der Waals surface area contributed by atoms with Gasteiger partial charge in [0.2, 0.25) is 5.91 Å². The molecule has 1 amide bonds. The predicted octanol–water partition coefficient (Wildman–Crippen LogP) is 1.60. The second kappa shape index (κ2) is 9.23. The zero-order chi connectivity index (χ0) is 19.2. The number of carbonyl (C=O) groups excluding carboxylic acids is 1. The van der Waals surface area contributed by atoms with E-state index in [1.165, 1.54) is 14.2 Å². The number of carbonyl (C=O) groups is 1. The molecule has 1 atom stereocenters. The Labute approximate surface area is 154 Å². The van der Waals surface area contributed by atoms with Gasteiger partial charge in [0, 0.05) is 18.5 Å². The highest BCUT2D eigenvalue weighted by atomic mass is 32.2. The van der Waals surface area contributed by atoms with Crippen molar-refractivity contribution in [1.29, 1.82) is 0 Å². The van der Waals surface area contributed by atoms with Crippen molar-refractivity contribution in [3.8, 4) is 11.5 Å². The average molecular weight is 385 g/mol. The highest BCUT2D eigenvalue weighted by Gasteiger charge is 2.29. The first kappa shape index (κ1) is 20.5. The van der Waals surface area contributed by atoms with Gasteiger partial charge in [-0.25, -0.2) is 8.42 Å². The van der Waals surface area contributed by atoms with Crippen LogP contribution in [0.15, 0.2) is 18.2 Å². The number of nitrogens with one attached hydrogen (secondary N) is 1. The lowest BCUT2D eigenvalue weighted by molar-refractivity contribution is -0.121. The maximum Gasteiger partial charge on any atom is 0.221 e. The van der Waals surface area contributed by atoms with Crippen molar-refractivity contribution in [1.82, 2.24) is 5.32 Å². The third kappa shape index (κ3) is 5.35. The summed E-state index contributed by atoms with van der Waals surface area (Å²) in [5.41, 5.74) is 0.491. The fraction of sp³-hybridized carbons (Fsp3) is 0.611. The zero-order valence-electron chi connectivity index (χ0n) is 15.2. The highest BCUT2D eigenvalue weighted by Crippen LogP contribution is 2.29. The van der Waals surface area contributed by atoms with Crippen LogP contribution in [0.1, 0.15) is 43.8 Å². The summed E-state index contributed by atoms with van der Waals surface area (Å²) >= 11 is 0. The van der Waals surface area contributed by atoms with Gasteiger partial charge in [0.15, 0.2) is 9.84 Å². The zero-order valence-corrected chi connectivity index (χ0v) is 16.0. The predicted molar refractivity (Wildman–Crippen MR) is 98.2 cm³/mol. The molecule has 1 fully saturated rings. The molecular weight excluding hydrogens is 358 g/mol. The monoisotopic (exact) mass is 385 g/mol. The maximum absolute atomic E-state index is 12.2. The van der Waals surface area contributed by atoms with Gasteiger partial charge >= 0.3 is 0 Å². The van der Waals surface area contributed by atoms with Crippen LogP contribution in [0.5, 0.6) is 11.5 Å². The molecule has 8 heteroatoms. The second-order valence-electron chi connectivity index (χ2n) is 6.45. The average Bonchev–Trinajstić information content (AvgIpc) is 3.19. The Bertz CT molecular complexity index is 712. The van der Waals surface area contributed by atoms with Crippen LogP contribution in [0.4, 0.5) is 0 Å². The Morgan fingerprint density at radius 2 is 1.96 bits per heavy atom. The van der Waals surface area contributed by atoms with E-state index in [0.29, 0.717) is 29.9 Å². The largest absolute Gasteiger partial charge is 0.497 e. The number of hydrogen-bond acceptors (Lipinski definition) is 6. The Balaban J connectivity index is 1.87. The first-order chi connectivity index (χ1) is 12.4. The van der Waals surface area contributed by atoms with Crippen LogP contribution in [-0.2, 0) is 14.6 Å². The van der Waals surface area contributed by atoms with Gasteiger partial charge in [0.05, 0.1) is 31.3 Å². The SMILES string of the molecule is COc1ccc(OC)c(C(O)CNC(=O)CCS(=O)(=O)C2CCCC2)c1. The van der Waals surface area contributed by atoms with E-state index in [9.17, 15) is 18.3 Å². The van der Waals surface area contributed by atoms with Crippen LogP contribution in [0.2, 0.25) is 0 Å². The molecule has 7 nitrogen and oxygen atoms in total. The maximum atomic E-state index is 12.2. The van der Waals surface area contributed by atoms with Crippen molar-refractivity contribution in [3.05, 3.63) is 23.8 Å². The van der Waals surface area contributed by atoms with Crippen LogP contribution < -0.4 is 14.8 Å². The lowest BCUT2D eigenvalue weighted by Crippen LogP contribution is -2.31. The molecular formula is C18H27NO6S. The number of sulfone groups is 1. The smallest absolute Gasteiger partial charge is 0.221 e. The van der Waals surface area contributed by atoms with Crippen molar-refractivity contribution in [2.45, 2.75) is 43.5 Å². The Hall–Kier alpha value is -1.80. The van der Waals surface area contributed by atoms with E-state index < -0.39 is 21.8 Å². The lowest BCUT2D eigenvalue weighted by Gasteiger charge is -2.17. The van der Waals surface area contributed by atoms with Crippen LogP contribution in [0, 0.1) is 0 Å². The van der Waals surface area contributed by atoms with Gasteiger partial charge in [-0.1, -0.05) is 12.8 Å². The third-order valence-electron chi connectivity index (χ3n) is 4.71. The lowest BCUT2D eigenvalue weighted by atomic mass is 10.1. The van der Waals surface area contributed by atoms with Gasteiger partial charge in [-0.2, -0.15) is 0 Å². The third-order valence-corrected chi connectivity index (χ3v) is 6.97. The van der Waals surface area contributed by atoms with Gasteiger partial charge in [-0.3, -0.25) is 4.79 Å². The Morgan fingerprint density at radius 1 is 1.27 bits per heavy atom. The van der Waals surface area contributed by atoms with E-state index in [1.54, 1.807) is 18.2 Å². The molecule has 1 aliphatic rings. The normalized spacial score (nSPS) is 16.3. The van der Waals surface area contributed by atoms with E-state index in [1.807, 2.05) is 0 Å². The first-order valence-electron chi connectivity index (χ1n) is 8.75. The number of aliphatic hydroxyl groups is 1. The van der Waals surface area contributed by atoms with Crippen molar-refractivity contribution >= 4 is 15.7 Å². The van der Waals surface area contributed by atoms with Crippen molar-refractivity contribution in [2.75, 3.05) is 26.5 Å². The number of aliphatic hydroxyl groups excluding tert-OH is 1. The molecule has 26 heavy (non-hydrogen) atoms. The summed E-state index contributed by atoms with van der Waals surface area (Å²) in [7, 11) is -0.216. The molecule has 2 N–H and O–H groups in total. The van der Waals surface area contributed by atoms with Crippen LogP contribution >= 0.6 is 0 Å².